The van der Waals surface area contributed by atoms with E-state index >= 15 is 0 Å². The molecule has 3 rings (SSSR count). The van der Waals surface area contributed by atoms with Crippen LogP contribution in [0.2, 0.25) is 0 Å². The molecule has 3 aliphatic rings. The summed E-state index contributed by atoms with van der Waals surface area (Å²) >= 11 is 0. The SMILES string of the molecule is CCCCCCCCCCCCCCCCCCCCCCC/C=C/C(O)C(COC1OC(CO)C(OC2OC(CO)C(OC3OC(CO)C(O)C(O)C3O)C(O)C2O)C(O)C1O)NC(=O)CCCCCCCCCCCCCCCCCCCCCCCCCC. The lowest BCUT2D eigenvalue weighted by molar-refractivity contribution is -0.379. The van der Waals surface area contributed by atoms with Gasteiger partial charge in [-0.2, -0.15) is 0 Å². The maximum Gasteiger partial charge on any atom is 0.220 e. The van der Waals surface area contributed by atoms with Crippen molar-refractivity contribution in [2.24, 2.45) is 0 Å². The molecule has 1 amide bonds. The normalized spacial score (nSPS) is 27.7. The van der Waals surface area contributed by atoms with Gasteiger partial charge in [0.2, 0.25) is 5.91 Å². The second-order valence-corrected chi connectivity index (χ2v) is 27.5. The van der Waals surface area contributed by atoms with Gasteiger partial charge in [0.1, 0.15) is 73.2 Å². The molecule has 0 bridgehead atoms. The maximum absolute atomic E-state index is 13.4. The summed E-state index contributed by atoms with van der Waals surface area (Å²) in [4.78, 5) is 13.4. The van der Waals surface area contributed by atoms with Crippen LogP contribution in [-0.4, -0.2) is 193 Å². The standard InChI is InChI=1S/C73H139NO18/c1-3-5-7-9-11-13-15-17-19-21-23-25-27-29-31-33-35-37-39-41-43-45-47-49-51-61(79)74-56(57(78)50-48-46-44-42-40-38-36-34-32-30-28-26-24-22-20-18-16-14-12-10-8-6-4-2)55-87-71-67(85)64(82)69(59(53-76)89-71)92-73-68(86)65(83)70(60(54-77)90-73)91-72-66(84)63(81)62(80)58(52-75)88-72/h48,50,56-60,62-73,75-78,80-86H,3-47,49,51-55H2,1-2H3,(H,74,79)/b50-48+. The van der Waals surface area contributed by atoms with Gasteiger partial charge in [0.15, 0.2) is 18.9 Å². The molecule has 0 saturated carbocycles. The summed E-state index contributed by atoms with van der Waals surface area (Å²) < 4.78 is 34.4. The summed E-state index contributed by atoms with van der Waals surface area (Å²) in [5.74, 6) is -0.267. The number of allylic oxidation sites excluding steroid dienone is 1. The number of amides is 1. The van der Waals surface area contributed by atoms with Crippen LogP contribution in [0.1, 0.15) is 316 Å². The molecule has 0 aromatic rings. The largest absolute Gasteiger partial charge is 0.394 e. The Kier molecular flexibility index (Phi) is 51.0. The molecule has 0 aromatic carbocycles. The Morgan fingerprint density at radius 3 is 1.02 bits per heavy atom. The second-order valence-electron chi connectivity index (χ2n) is 27.5. The van der Waals surface area contributed by atoms with Crippen molar-refractivity contribution >= 4 is 5.91 Å². The van der Waals surface area contributed by atoms with Crippen molar-refractivity contribution in [2.75, 3.05) is 26.4 Å². The molecule has 0 spiro atoms. The minimum absolute atomic E-state index is 0.250. The number of rotatable bonds is 60. The van der Waals surface area contributed by atoms with Gasteiger partial charge in [-0.15, -0.1) is 0 Å². The summed E-state index contributed by atoms with van der Waals surface area (Å²) in [6.45, 7) is 1.79. The molecule has 12 N–H and O–H groups in total. The number of unbranched alkanes of at least 4 members (excludes halogenated alkanes) is 44. The second kappa shape index (κ2) is 55.4. The van der Waals surface area contributed by atoms with E-state index in [9.17, 15) is 61.0 Å². The van der Waals surface area contributed by atoms with Gasteiger partial charge in [-0.05, 0) is 19.3 Å². The van der Waals surface area contributed by atoms with Crippen molar-refractivity contribution in [1.29, 1.82) is 0 Å². The first-order chi connectivity index (χ1) is 44.8. The number of aliphatic hydroxyl groups is 11. The number of carbonyl (C=O) groups excluding carboxylic acids is 1. The van der Waals surface area contributed by atoms with Gasteiger partial charge in [0.25, 0.3) is 0 Å². The van der Waals surface area contributed by atoms with E-state index < -0.39 is 124 Å². The molecular weight excluding hydrogens is 1180 g/mol. The van der Waals surface area contributed by atoms with Gasteiger partial charge < -0.3 is 89.9 Å². The molecule has 17 atom stereocenters. The van der Waals surface area contributed by atoms with Crippen LogP contribution >= 0.6 is 0 Å². The van der Waals surface area contributed by atoms with Gasteiger partial charge in [-0.25, -0.2) is 0 Å². The zero-order valence-corrected chi connectivity index (χ0v) is 57.8. The molecule has 0 radical (unpaired) electrons. The quantitative estimate of drug-likeness (QED) is 0.0199. The van der Waals surface area contributed by atoms with Crippen LogP contribution in [0, 0.1) is 0 Å². The molecule has 19 nitrogen and oxygen atoms in total. The third-order valence-electron chi connectivity index (χ3n) is 19.3. The molecule has 3 saturated heterocycles. The number of hydrogen-bond donors (Lipinski definition) is 12. The topological polar surface area (TPSA) is 307 Å². The molecule has 3 heterocycles. The Morgan fingerprint density at radius 1 is 0.380 bits per heavy atom. The first kappa shape index (κ1) is 84.8. The van der Waals surface area contributed by atoms with E-state index in [2.05, 4.69) is 19.2 Å². The number of nitrogens with one attached hydrogen (secondary N) is 1. The molecule has 3 aliphatic heterocycles. The van der Waals surface area contributed by atoms with Gasteiger partial charge in [0.05, 0.1) is 38.6 Å². The fraction of sp³-hybridized carbons (Fsp3) is 0.959. The van der Waals surface area contributed by atoms with Crippen LogP contribution in [0.5, 0.6) is 0 Å². The highest BCUT2D eigenvalue weighted by Gasteiger charge is 2.53. The molecule has 17 unspecified atom stereocenters. The third kappa shape index (κ3) is 36.4. The number of aliphatic hydroxyl groups excluding tert-OH is 11. The lowest BCUT2D eigenvalue weighted by Crippen LogP contribution is -2.66. The Labute approximate surface area is 556 Å². The van der Waals surface area contributed by atoms with Crippen LogP contribution in [0.3, 0.4) is 0 Å². The fourth-order valence-electron chi connectivity index (χ4n) is 13.2. The Bertz CT molecular complexity index is 1720. The van der Waals surface area contributed by atoms with Crippen LogP contribution in [0.25, 0.3) is 0 Å². The maximum atomic E-state index is 13.4. The lowest BCUT2D eigenvalue weighted by atomic mass is 9.96. The number of hydrogen-bond acceptors (Lipinski definition) is 18. The van der Waals surface area contributed by atoms with Crippen molar-refractivity contribution in [1.82, 2.24) is 5.32 Å². The van der Waals surface area contributed by atoms with E-state index in [-0.39, 0.29) is 18.9 Å². The summed E-state index contributed by atoms with van der Waals surface area (Å²) in [7, 11) is 0. The van der Waals surface area contributed by atoms with Crippen molar-refractivity contribution in [3.8, 4) is 0 Å². The average molecular weight is 1320 g/mol. The van der Waals surface area contributed by atoms with E-state index in [0.29, 0.717) is 6.42 Å². The average Bonchev–Trinajstić information content (AvgIpc) is 0.839. The van der Waals surface area contributed by atoms with E-state index in [1.807, 2.05) is 6.08 Å². The van der Waals surface area contributed by atoms with Gasteiger partial charge >= 0.3 is 0 Å². The van der Waals surface area contributed by atoms with Gasteiger partial charge in [-0.3, -0.25) is 4.79 Å². The van der Waals surface area contributed by atoms with E-state index in [4.69, 9.17) is 28.4 Å². The molecule has 19 heteroatoms. The molecule has 92 heavy (non-hydrogen) atoms. The zero-order valence-electron chi connectivity index (χ0n) is 57.8. The number of carbonyl (C=O) groups is 1. The smallest absolute Gasteiger partial charge is 0.220 e. The predicted octanol–water partition coefficient (Wildman–Crippen LogP) is 11.2. The lowest BCUT2D eigenvalue weighted by Gasteiger charge is -2.48. The van der Waals surface area contributed by atoms with Crippen molar-refractivity contribution in [3.05, 3.63) is 12.2 Å². The van der Waals surface area contributed by atoms with Crippen LogP contribution in [-0.2, 0) is 33.2 Å². The highest BCUT2D eigenvalue weighted by molar-refractivity contribution is 5.76. The van der Waals surface area contributed by atoms with Crippen LogP contribution in [0.15, 0.2) is 12.2 Å². The summed E-state index contributed by atoms with van der Waals surface area (Å²) in [6.07, 6.45) is 36.2. The first-order valence-electron chi connectivity index (χ1n) is 37.9. The fourth-order valence-corrected chi connectivity index (χ4v) is 13.2. The molecule has 0 aliphatic carbocycles. The molecule has 3 fully saturated rings. The van der Waals surface area contributed by atoms with Crippen molar-refractivity contribution in [3.63, 3.8) is 0 Å². The Morgan fingerprint density at radius 2 is 0.674 bits per heavy atom. The van der Waals surface area contributed by atoms with E-state index in [0.717, 1.165) is 44.9 Å². The molecule has 544 valence electrons. The van der Waals surface area contributed by atoms with Gasteiger partial charge in [-0.1, -0.05) is 302 Å². The first-order valence-corrected chi connectivity index (χ1v) is 37.9. The van der Waals surface area contributed by atoms with E-state index in [1.165, 1.54) is 244 Å². The van der Waals surface area contributed by atoms with Crippen molar-refractivity contribution in [2.45, 2.75) is 420 Å². The summed E-state index contributed by atoms with van der Waals surface area (Å²) in [5.41, 5.74) is 0. The zero-order chi connectivity index (χ0) is 66.8. The van der Waals surface area contributed by atoms with Gasteiger partial charge in [0, 0.05) is 6.42 Å². The van der Waals surface area contributed by atoms with Crippen molar-refractivity contribution < 1.29 is 89.4 Å². The van der Waals surface area contributed by atoms with E-state index in [1.54, 1.807) is 6.08 Å². The number of ether oxygens (including phenoxy) is 6. The monoisotopic (exact) mass is 1320 g/mol. The molecular formula is C73H139NO18. The third-order valence-corrected chi connectivity index (χ3v) is 19.3. The Balaban J connectivity index is 1.41. The van der Waals surface area contributed by atoms with Crippen LogP contribution in [0.4, 0.5) is 0 Å². The minimum Gasteiger partial charge on any atom is -0.394 e. The summed E-state index contributed by atoms with van der Waals surface area (Å²) in [5, 5.41) is 121. The minimum atomic E-state index is -1.98. The Hall–Kier alpha value is -1.47. The molecule has 0 aromatic heterocycles. The highest BCUT2D eigenvalue weighted by Crippen LogP contribution is 2.33. The van der Waals surface area contributed by atoms with Crippen LogP contribution < -0.4 is 5.32 Å². The highest BCUT2D eigenvalue weighted by atomic mass is 16.8. The summed E-state index contributed by atoms with van der Waals surface area (Å²) in [6, 6.07) is -0.969. The predicted molar refractivity (Wildman–Crippen MR) is 360 cm³/mol.